The van der Waals surface area contributed by atoms with Gasteiger partial charge in [0.05, 0.1) is 0 Å². The van der Waals surface area contributed by atoms with Crippen molar-refractivity contribution in [2.75, 3.05) is 13.2 Å². The van der Waals surface area contributed by atoms with E-state index in [9.17, 15) is 4.79 Å². The van der Waals surface area contributed by atoms with Gasteiger partial charge in [-0.1, -0.05) is 20.3 Å². The van der Waals surface area contributed by atoms with Gasteiger partial charge in [-0.05, 0) is 105 Å². The fraction of sp³-hybridized carbons (Fsp3) is 0.960. The minimum absolute atomic E-state index is 0.255. The first-order valence-corrected chi connectivity index (χ1v) is 12.4. The summed E-state index contributed by atoms with van der Waals surface area (Å²) in [5.74, 6) is 6.29. The third-order valence-corrected chi connectivity index (χ3v) is 10.1. The molecule has 5 aliphatic rings. The van der Waals surface area contributed by atoms with Crippen LogP contribution in [-0.2, 0) is 9.53 Å². The Morgan fingerprint density at radius 3 is 2.50 bits per heavy atom. The SMILES string of the molecule is CC1CCC2C(CC[C@@H]3C2CCC2(C)C(C(=O)NC4CCOCC4)CCC32)C1. The summed E-state index contributed by atoms with van der Waals surface area (Å²) in [6.45, 7) is 6.57. The van der Waals surface area contributed by atoms with E-state index in [0.717, 1.165) is 68.0 Å². The molecule has 0 aromatic heterocycles. The minimum atomic E-state index is 0.255. The number of amides is 1. The number of hydrogen-bond donors (Lipinski definition) is 1. The van der Waals surface area contributed by atoms with E-state index >= 15 is 0 Å². The average molecular weight is 388 g/mol. The summed E-state index contributed by atoms with van der Waals surface area (Å²) >= 11 is 0. The Morgan fingerprint density at radius 1 is 0.893 bits per heavy atom. The molecule has 0 radical (unpaired) electrons. The van der Waals surface area contributed by atoms with Gasteiger partial charge in [-0.15, -0.1) is 0 Å². The van der Waals surface area contributed by atoms with E-state index in [-0.39, 0.29) is 11.3 Å². The van der Waals surface area contributed by atoms with Gasteiger partial charge in [-0.3, -0.25) is 4.79 Å². The van der Waals surface area contributed by atoms with Crippen molar-refractivity contribution in [3.05, 3.63) is 0 Å². The number of nitrogens with one attached hydrogen (secondary N) is 1. The number of fused-ring (bicyclic) bond motifs is 5. The van der Waals surface area contributed by atoms with Gasteiger partial charge in [0.2, 0.25) is 5.91 Å². The minimum Gasteiger partial charge on any atom is -0.381 e. The molecule has 158 valence electrons. The van der Waals surface area contributed by atoms with E-state index < -0.39 is 0 Å². The topological polar surface area (TPSA) is 38.3 Å². The van der Waals surface area contributed by atoms with E-state index in [4.69, 9.17) is 4.74 Å². The summed E-state index contributed by atoms with van der Waals surface area (Å²) in [4.78, 5) is 13.2. The lowest BCUT2D eigenvalue weighted by molar-refractivity contribution is -0.134. The molecule has 0 spiro atoms. The maximum atomic E-state index is 13.2. The van der Waals surface area contributed by atoms with Crippen molar-refractivity contribution < 1.29 is 9.53 Å². The summed E-state index contributed by atoms with van der Waals surface area (Å²) in [6.07, 6.45) is 14.5. The molecule has 0 bridgehead atoms. The number of rotatable bonds is 2. The molecule has 28 heavy (non-hydrogen) atoms. The predicted molar refractivity (Wildman–Crippen MR) is 112 cm³/mol. The van der Waals surface area contributed by atoms with Gasteiger partial charge in [0.1, 0.15) is 0 Å². The highest BCUT2D eigenvalue weighted by Crippen LogP contribution is 2.64. The highest BCUT2D eigenvalue weighted by molar-refractivity contribution is 5.80. The van der Waals surface area contributed by atoms with Crippen LogP contribution in [0.1, 0.15) is 84.5 Å². The zero-order valence-electron chi connectivity index (χ0n) is 18.1. The lowest BCUT2D eigenvalue weighted by Crippen LogP contribution is -2.51. The van der Waals surface area contributed by atoms with Gasteiger partial charge in [-0.25, -0.2) is 0 Å². The molecule has 3 heteroatoms. The monoisotopic (exact) mass is 387 g/mol. The molecular weight excluding hydrogens is 346 g/mol. The van der Waals surface area contributed by atoms with E-state index in [1.807, 2.05) is 0 Å². The summed E-state index contributed by atoms with van der Waals surface area (Å²) in [5.41, 5.74) is 0.255. The highest BCUT2D eigenvalue weighted by atomic mass is 16.5. The van der Waals surface area contributed by atoms with Crippen molar-refractivity contribution in [2.24, 2.45) is 46.8 Å². The van der Waals surface area contributed by atoms with Crippen molar-refractivity contribution in [1.29, 1.82) is 0 Å². The van der Waals surface area contributed by atoms with Crippen molar-refractivity contribution >= 4 is 5.91 Å². The fourth-order valence-electron chi connectivity index (χ4n) is 8.66. The third kappa shape index (κ3) is 3.24. The van der Waals surface area contributed by atoms with Gasteiger partial charge in [0.25, 0.3) is 0 Å². The van der Waals surface area contributed by atoms with Crippen LogP contribution >= 0.6 is 0 Å². The van der Waals surface area contributed by atoms with Crippen LogP contribution in [0.25, 0.3) is 0 Å². The maximum Gasteiger partial charge on any atom is 0.223 e. The molecule has 7 unspecified atom stereocenters. The molecule has 1 heterocycles. The van der Waals surface area contributed by atoms with Crippen LogP contribution < -0.4 is 5.32 Å². The molecule has 1 saturated heterocycles. The van der Waals surface area contributed by atoms with Crippen LogP contribution in [0.5, 0.6) is 0 Å². The second kappa shape index (κ2) is 7.60. The van der Waals surface area contributed by atoms with E-state index in [1.54, 1.807) is 0 Å². The second-order valence-corrected chi connectivity index (χ2v) is 11.4. The first-order valence-electron chi connectivity index (χ1n) is 12.4. The molecule has 3 nitrogen and oxygen atoms in total. The van der Waals surface area contributed by atoms with Crippen molar-refractivity contribution in [1.82, 2.24) is 5.32 Å². The van der Waals surface area contributed by atoms with Crippen molar-refractivity contribution in [2.45, 2.75) is 90.5 Å². The third-order valence-electron chi connectivity index (χ3n) is 10.1. The summed E-state index contributed by atoms with van der Waals surface area (Å²) in [7, 11) is 0. The number of carbonyl (C=O) groups is 1. The quantitative estimate of drug-likeness (QED) is 0.708. The Bertz CT molecular complexity index is 585. The summed E-state index contributed by atoms with van der Waals surface area (Å²) < 4.78 is 5.47. The molecule has 0 aromatic rings. The first kappa shape index (κ1) is 19.4. The van der Waals surface area contributed by atoms with Crippen molar-refractivity contribution in [3.8, 4) is 0 Å². The second-order valence-electron chi connectivity index (χ2n) is 11.4. The number of hydrogen-bond acceptors (Lipinski definition) is 2. The molecule has 1 N–H and O–H groups in total. The van der Waals surface area contributed by atoms with Crippen LogP contribution in [0, 0.1) is 46.8 Å². The molecule has 5 rings (SSSR count). The Hall–Kier alpha value is -0.570. The molecule has 1 aliphatic heterocycles. The van der Waals surface area contributed by atoms with Crippen LogP contribution in [0.3, 0.4) is 0 Å². The highest BCUT2D eigenvalue weighted by Gasteiger charge is 2.58. The summed E-state index contributed by atoms with van der Waals surface area (Å²) in [5, 5.41) is 3.42. The lowest BCUT2D eigenvalue weighted by Gasteiger charge is -2.56. The molecule has 0 aromatic carbocycles. The standard InChI is InChI=1S/C25H41NO2/c1-16-3-5-19-17(15-16)4-6-21-20(19)9-12-25(2)22(21)7-8-23(25)24(27)26-18-10-13-28-14-11-18/h16-23H,3-15H2,1-2H3,(H,26,27)/t16?,17?,19?,20?,21-,22?,23?,25?/m1/s1. The van der Waals surface area contributed by atoms with Crippen LogP contribution in [0.15, 0.2) is 0 Å². The van der Waals surface area contributed by atoms with E-state index in [1.165, 1.54) is 51.4 Å². The Kier molecular flexibility index (Phi) is 5.26. The number of ether oxygens (including phenoxy) is 1. The smallest absolute Gasteiger partial charge is 0.223 e. The first-order chi connectivity index (χ1) is 13.6. The van der Waals surface area contributed by atoms with Crippen LogP contribution in [0.2, 0.25) is 0 Å². The van der Waals surface area contributed by atoms with Crippen molar-refractivity contribution in [3.63, 3.8) is 0 Å². The molecule has 1 amide bonds. The van der Waals surface area contributed by atoms with E-state index in [2.05, 4.69) is 19.2 Å². The van der Waals surface area contributed by atoms with Gasteiger partial charge in [-0.2, -0.15) is 0 Å². The Labute approximate surface area is 171 Å². The van der Waals surface area contributed by atoms with Gasteiger partial charge in [0, 0.05) is 25.2 Å². The maximum absolute atomic E-state index is 13.2. The number of carbonyl (C=O) groups excluding carboxylic acids is 1. The molecule has 4 saturated carbocycles. The Morgan fingerprint density at radius 2 is 1.68 bits per heavy atom. The average Bonchev–Trinajstić information content (AvgIpc) is 3.05. The zero-order chi connectivity index (χ0) is 19.3. The lowest BCUT2D eigenvalue weighted by atomic mass is 9.49. The Balaban J connectivity index is 1.28. The van der Waals surface area contributed by atoms with Gasteiger partial charge in [0.15, 0.2) is 0 Å². The fourth-order valence-corrected chi connectivity index (χ4v) is 8.66. The van der Waals surface area contributed by atoms with Gasteiger partial charge >= 0.3 is 0 Å². The summed E-state index contributed by atoms with van der Waals surface area (Å²) in [6, 6.07) is 0.347. The van der Waals surface area contributed by atoms with Crippen LogP contribution in [0.4, 0.5) is 0 Å². The van der Waals surface area contributed by atoms with E-state index in [0.29, 0.717) is 11.9 Å². The normalized spacial score (nSPS) is 49.0. The molecular formula is C25H41NO2. The predicted octanol–water partition coefficient (Wildman–Crippen LogP) is 5.19. The molecule has 8 atom stereocenters. The van der Waals surface area contributed by atoms with Crippen LogP contribution in [-0.4, -0.2) is 25.2 Å². The zero-order valence-corrected chi connectivity index (χ0v) is 18.1. The molecule has 5 fully saturated rings. The van der Waals surface area contributed by atoms with Gasteiger partial charge < -0.3 is 10.1 Å². The largest absolute Gasteiger partial charge is 0.381 e. The molecule has 4 aliphatic carbocycles.